The zero-order valence-electron chi connectivity index (χ0n) is 9.93. The number of hydrogen-bond acceptors (Lipinski definition) is 2. The Kier molecular flexibility index (Phi) is 3.97. The number of amides is 1. The number of halogens is 1. The smallest absolute Gasteiger partial charge is 0.229 e. The van der Waals surface area contributed by atoms with Crippen molar-refractivity contribution in [2.24, 2.45) is 5.41 Å². The van der Waals surface area contributed by atoms with Gasteiger partial charge in [-0.3, -0.25) is 4.79 Å². The highest BCUT2D eigenvalue weighted by Gasteiger charge is 2.22. The Morgan fingerprint density at radius 2 is 2.00 bits per heavy atom. The number of carbonyl (C=O) groups excluding carboxylic acids is 1. The number of hydrogen-bond donors (Lipinski definition) is 1. The third kappa shape index (κ3) is 3.23. The van der Waals surface area contributed by atoms with Crippen LogP contribution in [0.25, 0.3) is 0 Å². The van der Waals surface area contributed by atoms with E-state index in [2.05, 4.69) is 21.2 Å². The second-order valence-corrected chi connectivity index (χ2v) is 5.46. The van der Waals surface area contributed by atoms with Gasteiger partial charge in [0.2, 0.25) is 5.91 Å². The third-order valence-corrected chi connectivity index (χ3v) is 2.58. The lowest BCUT2D eigenvalue weighted by molar-refractivity contribution is -0.123. The minimum Gasteiger partial charge on any atom is -0.495 e. The normalized spacial score (nSPS) is 11.1. The second kappa shape index (κ2) is 4.87. The SMILES string of the molecule is COc1ccc(Br)cc1NC(=O)C(C)(C)C. The fourth-order valence-corrected chi connectivity index (χ4v) is 1.45. The highest BCUT2D eigenvalue weighted by Crippen LogP contribution is 2.29. The minimum atomic E-state index is -0.423. The molecule has 1 aromatic carbocycles. The summed E-state index contributed by atoms with van der Waals surface area (Å²) in [6, 6.07) is 5.50. The third-order valence-electron chi connectivity index (χ3n) is 2.09. The van der Waals surface area contributed by atoms with E-state index in [4.69, 9.17) is 4.74 Å². The maximum atomic E-state index is 11.8. The molecule has 0 aliphatic carbocycles. The van der Waals surface area contributed by atoms with Crippen LogP contribution in [0.4, 0.5) is 5.69 Å². The molecule has 0 radical (unpaired) electrons. The predicted molar refractivity (Wildman–Crippen MR) is 68.8 cm³/mol. The van der Waals surface area contributed by atoms with E-state index in [1.54, 1.807) is 7.11 Å². The Hall–Kier alpha value is -1.03. The van der Waals surface area contributed by atoms with Gasteiger partial charge in [-0.1, -0.05) is 36.7 Å². The molecule has 16 heavy (non-hydrogen) atoms. The maximum absolute atomic E-state index is 11.8. The molecule has 0 heterocycles. The van der Waals surface area contributed by atoms with E-state index in [1.807, 2.05) is 39.0 Å². The number of carbonyl (C=O) groups is 1. The predicted octanol–water partition coefficient (Wildman–Crippen LogP) is 3.44. The fourth-order valence-electron chi connectivity index (χ4n) is 1.09. The van der Waals surface area contributed by atoms with Crippen molar-refractivity contribution in [3.63, 3.8) is 0 Å². The molecule has 3 nitrogen and oxygen atoms in total. The largest absolute Gasteiger partial charge is 0.495 e. The molecule has 0 aliphatic heterocycles. The zero-order valence-corrected chi connectivity index (χ0v) is 11.5. The van der Waals surface area contributed by atoms with Crippen LogP contribution < -0.4 is 10.1 Å². The molecule has 0 saturated carbocycles. The Labute approximate surface area is 104 Å². The van der Waals surface area contributed by atoms with E-state index >= 15 is 0 Å². The Balaban J connectivity index is 2.96. The van der Waals surface area contributed by atoms with Crippen LogP contribution in [0.5, 0.6) is 5.75 Å². The molecule has 0 atom stereocenters. The number of ether oxygens (including phenoxy) is 1. The fraction of sp³-hybridized carbons (Fsp3) is 0.417. The average Bonchev–Trinajstić information content (AvgIpc) is 2.16. The standard InChI is InChI=1S/C12H16BrNO2/c1-12(2,3)11(15)14-9-7-8(13)5-6-10(9)16-4/h5-7H,1-4H3,(H,14,15). The van der Waals surface area contributed by atoms with Crippen LogP contribution in [-0.2, 0) is 4.79 Å². The molecule has 1 rings (SSSR count). The molecule has 0 aromatic heterocycles. The van der Waals surface area contributed by atoms with Crippen LogP contribution in [0.1, 0.15) is 20.8 Å². The quantitative estimate of drug-likeness (QED) is 0.904. The van der Waals surface area contributed by atoms with Crippen LogP contribution in [0.2, 0.25) is 0 Å². The van der Waals surface area contributed by atoms with Crippen molar-refractivity contribution >= 4 is 27.5 Å². The van der Waals surface area contributed by atoms with E-state index in [1.165, 1.54) is 0 Å². The Morgan fingerprint density at radius 3 is 2.50 bits per heavy atom. The summed E-state index contributed by atoms with van der Waals surface area (Å²) >= 11 is 3.36. The second-order valence-electron chi connectivity index (χ2n) is 4.55. The molecule has 0 bridgehead atoms. The van der Waals surface area contributed by atoms with Crippen LogP contribution in [0, 0.1) is 5.41 Å². The molecular weight excluding hydrogens is 270 g/mol. The number of nitrogens with one attached hydrogen (secondary N) is 1. The van der Waals surface area contributed by atoms with Gasteiger partial charge in [-0.15, -0.1) is 0 Å². The summed E-state index contributed by atoms with van der Waals surface area (Å²) < 4.78 is 6.08. The minimum absolute atomic E-state index is 0.0381. The molecule has 4 heteroatoms. The van der Waals surface area contributed by atoms with Gasteiger partial charge in [0.15, 0.2) is 0 Å². The van der Waals surface area contributed by atoms with E-state index in [0.29, 0.717) is 11.4 Å². The van der Waals surface area contributed by atoms with Gasteiger partial charge >= 0.3 is 0 Å². The Morgan fingerprint density at radius 1 is 1.38 bits per heavy atom. The maximum Gasteiger partial charge on any atom is 0.229 e. The van der Waals surface area contributed by atoms with Crippen LogP contribution in [0.3, 0.4) is 0 Å². The summed E-state index contributed by atoms with van der Waals surface area (Å²) in [6.07, 6.45) is 0. The van der Waals surface area contributed by atoms with E-state index < -0.39 is 5.41 Å². The summed E-state index contributed by atoms with van der Waals surface area (Å²) in [4.78, 5) is 11.8. The van der Waals surface area contributed by atoms with Gasteiger partial charge in [0.05, 0.1) is 12.8 Å². The van der Waals surface area contributed by atoms with Gasteiger partial charge in [0, 0.05) is 9.89 Å². The van der Waals surface area contributed by atoms with Gasteiger partial charge < -0.3 is 10.1 Å². The molecule has 0 spiro atoms. The molecule has 1 aromatic rings. The summed E-state index contributed by atoms with van der Waals surface area (Å²) in [7, 11) is 1.58. The van der Waals surface area contributed by atoms with Crippen molar-refractivity contribution in [1.82, 2.24) is 0 Å². The molecule has 1 amide bonds. The summed E-state index contributed by atoms with van der Waals surface area (Å²) in [6.45, 7) is 5.60. The van der Waals surface area contributed by atoms with Gasteiger partial charge in [0.1, 0.15) is 5.75 Å². The van der Waals surface area contributed by atoms with Gasteiger partial charge in [-0.2, -0.15) is 0 Å². The first-order valence-corrected chi connectivity index (χ1v) is 5.79. The van der Waals surface area contributed by atoms with Crippen LogP contribution in [-0.4, -0.2) is 13.0 Å². The highest BCUT2D eigenvalue weighted by atomic mass is 79.9. The van der Waals surface area contributed by atoms with Crippen molar-refractivity contribution in [3.8, 4) is 5.75 Å². The van der Waals surface area contributed by atoms with Crippen LogP contribution in [0.15, 0.2) is 22.7 Å². The lowest BCUT2D eigenvalue weighted by Gasteiger charge is -2.19. The van der Waals surface area contributed by atoms with Gasteiger partial charge in [0.25, 0.3) is 0 Å². The summed E-state index contributed by atoms with van der Waals surface area (Å²) in [5.74, 6) is 0.615. The van der Waals surface area contributed by atoms with Crippen molar-refractivity contribution < 1.29 is 9.53 Å². The van der Waals surface area contributed by atoms with Crippen LogP contribution >= 0.6 is 15.9 Å². The molecule has 88 valence electrons. The molecule has 0 fully saturated rings. The molecule has 1 N–H and O–H groups in total. The van der Waals surface area contributed by atoms with Crippen molar-refractivity contribution in [3.05, 3.63) is 22.7 Å². The Bertz CT molecular complexity index is 396. The average molecular weight is 286 g/mol. The van der Waals surface area contributed by atoms with Crippen molar-refractivity contribution in [2.45, 2.75) is 20.8 Å². The zero-order chi connectivity index (χ0) is 12.3. The first-order valence-electron chi connectivity index (χ1n) is 4.99. The summed E-state index contributed by atoms with van der Waals surface area (Å²) in [5, 5.41) is 2.85. The molecular formula is C12H16BrNO2. The number of rotatable bonds is 2. The summed E-state index contributed by atoms with van der Waals surface area (Å²) in [5.41, 5.74) is 0.254. The topological polar surface area (TPSA) is 38.3 Å². The van der Waals surface area contributed by atoms with E-state index in [9.17, 15) is 4.79 Å². The van der Waals surface area contributed by atoms with E-state index in [-0.39, 0.29) is 5.91 Å². The number of methoxy groups -OCH3 is 1. The van der Waals surface area contributed by atoms with Crippen molar-refractivity contribution in [2.75, 3.05) is 12.4 Å². The van der Waals surface area contributed by atoms with Gasteiger partial charge in [-0.25, -0.2) is 0 Å². The van der Waals surface area contributed by atoms with Gasteiger partial charge in [-0.05, 0) is 18.2 Å². The monoisotopic (exact) mass is 285 g/mol. The molecule has 0 aliphatic rings. The number of benzene rings is 1. The lowest BCUT2D eigenvalue weighted by Crippen LogP contribution is -2.27. The number of anilines is 1. The molecule has 0 saturated heterocycles. The van der Waals surface area contributed by atoms with Crippen molar-refractivity contribution in [1.29, 1.82) is 0 Å². The first kappa shape index (κ1) is 13.0. The first-order chi connectivity index (χ1) is 7.34. The molecule has 0 unspecified atom stereocenters. The van der Waals surface area contributed by atoms with E-state index in [0.717, 1.165) is 4.47 Å². The lowest BCUT2D eigenvalue weighted by atomic mass is 9.95. The highest BCUT2D eigenvalue weighted by molar-refractivity contribution is 9.10.